The molecule has 116 valence electrons. The highest BCUT2D eigenvalue weighted by atomic mass is 16.3. The summed E-state index contributed by atoms with van der Waals surface area (Å²) < 4.78 is 0. The van der Waals surface area contributed by atoms with Crippen LogP contribution in [0.15, 0.2) is 18.2 Å². The number of piperidine rings is 1. The molecule has 0 unspecified atom stereocenters. The van der Waals surface area contributed by atoms with Gasteiger partial charge in [-0.05, 0) is 48.3 Å². The van der Waals surface area contributed by atoms with Gasteiger partial charge >= 0.3 is 0 Å². The van der Waals surface area contributed by atoms with E-state index in [0.29, 0.717) is 16.9 Å². The van der Waals surface area contributed by atoms with Gasteiger partial charge in [0.1, 0.15) is 5.75 Å². The second kappa shape index (κ2) is 6.08. The predicted molar refractivity (Wildman–Crippen MR) is 85.6 cm³/mol. The average Bonchev–Trinajstić information content (AvgIpc) is 2.46. The van der Waals surface area contributed by atoms with E-state index in [2.05, 4.69) is 27.7 Å². The number of phenols is 1. The van der Waals surface area contributed by atoms with E-state index in [9.17, 15) is 9.90 Å². The summed E-state index contributed by atoms with van der Waals surface area (Å²) in [5, 5.41) is 9.97. The lowest BCUT2D eigenvalue weighted by molar-refractivity contribution is 0.0606. The van der Waals surface area contributed by atoms with E-state index in [4.69, 9.17) is 0 Å². The number of aryl methyl sites for hydroxylation is 1. The van der Waals surface area contributed by atoms with Gasteiger partial charge in [-0.15, -0.1) is 0 Å². The molecule has 1 aliphatic heterocycles. The number of amides is 1. The largest absolute Gasteiger partial charge is 0.507 e. The van der Waals surface area contributed by atoms with E-state index < -0.39 is 0 Å². The molecule has 0 spiro atoms. The molecule has 1 aromatic rings. The smallest absolute Gasteiger partial charge is 0.257 e. The molecule has 2 rings (SSSR count). The zero-order valence-corrected chi connectivity index (χ0v) is 13.6. The number of aromatic hydroxyl groups is 1. The van der Waals surface area contributed by atoms with E-state index in [0.717, 1.165) is 37.9 Å². The van der Waals surface area contributed by atoms with Crippen LogP contribution in [0.1, 0.15) is 56.5 Å². The molecule has 0 radical (unpaired) electrons. The molecule has 1 heterocycles. The Morgan fingerprint density at radius 1 is 1.29 bits per heavy atom. The Morgan fingerprint density at radius 3 is 2.43 bits per heavy atom. The van der Waals surface area contributed by atoms with Crippen LogP contribution in [0.5, 0.6) is 5.75 Å². The minimum absolute atomic E-state index is 0.0323. The molecule has 1 N–H and O–H groups in total. The molecule has 1 aromatic carbocycles. The molecule has 1 aliphatic rings. The van der Waals surface area contributed by atoms with Gasteiger partial charge in [0, 0.05) is 13.1 Å². The van der Waals surface area contributed by atoms with Crippen LogP contribution in [-0.4, -0.2) is 29.0 Å². The van der Waals surface area contributed by atoms with Gasteiger partial charge in [0.15, 0.2) is 0 Å². The first kappa shape index (κ1) is 15.9. The number of nitrogens with zero attached hydrogens (tertiary/aromatic N) is 1. The first-order valence-electron chi connectivity index (χ1n) is 7.94. The normalized spacial score (nSPS) is 17.0. The van der Waals surface area contributed by atoms with Crippen molar-refractivity contribution >= 4 is 5.91 Å². The highest BCUT2D eigenvalue weighted by Crippen LogP contribution is 2.35. The predicted octanol–water partition coefficient (Wildman–Crippen LogP) is 3.85. The monoisotopic (exact) mass is 289 g/mol. The van der Waals surface area contributed by atoms with Crippen molar-refractivity contribution in [1.82, 2.24) is 4.90 Å². The Balaban J connectivity index is 2.09. The number of benzene rings is 1. The van der Waals surface area contributed by atoms with Crippen molar-refractivity contribution in [3.8, 4) is 5.75 Å². The van der Waals surface area contributed by atoms with E-state index in [1.54, 1.807) is 6.07 Å². The Kier molecular flexibility index (Phi) is 4.60. The summed E-state index contributed by atoms with van der Waals surface area (Å²) in [6.07, 6.45) is 2.96. The van der Waals surface area contributed by atoms with Gasteiger partial charge in [0.05, 0.1) is 5.56 Å². The van der Waals surface area contributed by atoms with Crippen LogP contribution in [0.25, 0.3) is 0 Å². The fourth-order valence-corrected chi connectivity index (χ4v) is 3.09. The molecule has 0 atom stereocenters. The highest BCUT2D eigenvalue weighted by molar-refractivity contribution is 5.97. The molecule has 0 bridgehead atoms. The van der Waals surface area contributed by atoms with Crippen molar-refractivity contribution in [2.24, 2.45) is 11.3 Å². The van der Waals surface area contributed by atoms with Crippen molar-refractivity contribution < 1.29 is 9.90 Å². The molecule has 1 fully saturated rings. The van der Waals surface area contributed by atoms with Gasteiger partial charge in [-0.1, -0.05) is 33.8 Å². The summed E-state index contributed by atoms with van der Waals surface area (Å²) >= 11 is 0. The van der Waals surface area contributed by atoms with Crippen molar-refractivity contribution in [3.63, 3.8) is 0 Å². The Labute approximate surface area is 128 Å². The van der Waals surface area contributed by atoms with Crippen molar-refractivity contribution in [2.45, 2.75) is 47.0 Å². The lowest BCUT2D eigenvalue weighted by Crippen LogP contribution is -2.41. The third kappa shape index (κ3) is 3.58. The van der Waals surface area contributed by atoms with Crippen molar-refractivity contribution in [1.29, 1.82) is 0 Å². The molecular formula is C18H27NO2. The lowest BCUT2D eigenvalue weighted by atomic mass is 9.75. The molecule has 3 nitrogen and oxygen atoms in total. The fraction of sp³-hybridized carbons (Fsp3) is 0.611. The standard InChI is InChI=1S/C18H27NO2/c1-5-13-6-7-16(20)15(12-13)17(21)19-10-8-14(9-11-19)18(2,3)4/h6-7,12,14,20H,5,8-11H2,1-4H3. The van der Waals surface area contributed by atoms with Crippen molar-refractivity contribution in [3.05, 3.63) is 29.3 Å². The number of carbonyl (C=O) groups excluding carboxylic acids is 1. The zero-order valence-electron chi connectivity index (χ0n) is 13.6. The maximum Gasteiger partial charge on any atom is 0.257 e. The van der Waals surface area contributed by atoms with Crippen LogP contribution in [-0.2, 0) is 6.42 Å². The summed E-state index contributed by atoms with van der Waals surface area (Å²) in [6.45, 7) is 10.4. The minimum Gasteiger partial charge on any atom is -0.507 e. The molecule has 0 aromatic heterocycles. The number of hydrogen-bond acceptors (Lipinski definition) is 2. The number of rotatable bonds is 2. The summed E-state index contributed by atoms with van der Waals surface area (Å²) in [5.41, 5.74) is 1.84. The molecule has 1 amide bonds. The Bertz CT molecular complexity index is 508. The van der Waals surface area contributed by atoms with Gasteiger partial charge in [0.2, 0.25) is 0 Å². The minimum atomic E-state index is -0.0323. The van der Waals surface area contributed by atoms with E-state index in [1.807, 2.05) is 17.0 Å². The number of likely N-dealkylation sites (tertiary alicyclic amines) is 1. The lowest BCUT2D eigenvalue weighted by Gasteiger charge is -2.38. The summed E-state index contributed by atoms with van der Waals surface area (Å²) in [4.78, 5) is 14.5. The van der Waals surface area contributed by atoms with Crippen molar-refractivity contribution in [2.75, 3.05) is 13.1 Å². The van der Waals surface area contributed by atoms with Gasteiger partial charge < -0.3 is 10.0 Å². The number of carbonyl (C=O) groups is 1. The van der Waals surface area contributed by atoms with Gasteiger partial charge in [-0.25, -0.2) is 0 Å². The Morgan fingerprint density at radius 2 is 1.90 bits per heavy atom. The fourth-order valence-electron chi connectivity index (χ4n) is 3.09. The SMILES string of the molecule is CCc1ccc(O)c(C(=O)N2CCC(C(C)(C)C)CC2)c1. The van der Waals surface area contributed by atoms with Gasteiger partial charge in [-0.2, -0.15) is 0 Å². The zero-order chi connectivity index (χ0) is 15.6. The quantitative estimate of drug-likeness (QED) is 0.898. The van der Waals surface area contributed by atoms with Crippen LogP contribution >= 0.6 is 0 Å². The van der Waals surface area contributed by atoms with Gasteiger partial charge in [-0.3, -0.25) is 4.79 Å². The highest BCUT2D eigenvalue weighted by Gasteiger charge is 2.31. The molecule has 0 saturated carbocycles. The van der Waals surface area contributed by atoms with E-state index in [-0.39, 0.29) is 11.7 Å². The number of hydrogen-bond donors (Lipinski definition) is 1. The molecule has 1 saturated heterocycles. The topological polar surface area (TPSA) is 40.5 Å². The Hall–Kier alpha value is -1.51. The van der Waals surface area contributed by atoms with Crippen LogP contribution in [0.4, 0.5) is 0 Å². The summed E-state index contributed by atoms with van der Waals surface area (Å²) in [6, 6.07) is 5.33. The van der Waals surface area contributed by atoms with Crippen LogP contribution in [0, 0.1) is 11.3 Å². The van der Waals surface area contributed by atoms with Gasteiger partial charge in [0.25, 0.3) is 5.91 Å². The summed E-state index contributed by atoms with van der Waals surface area (Å²) in [7, 11) is 0. The maximum atomic E-state index is 12.6. The van der Waals surface area contributed by atoms with Crippen LogP contribution in [0.3, 0.4) is 0 Å². The van der Waals surface area contributed by atoms with Crippen LogP contribution < -0.4 is 0 Å². The first-order chi connectivity index (χ1) is 9.82. The third-order valence-corrected chi connectivity index (χ3v) is 4.71. The third-order valence-electron chi connectivity index (χ3n) is 4.71. The summed E-state index contributed by atoms with van der Waals surface area (Å²) in [5.74, 6) is 0.724. The second-order valence-electron chi connectivity index (χ2n) is 7.14. The first-order valence-corrected chi connectivity index (χ1v) is 7.94. The van der Waals surface area contributed by atoms with E-state index in [1.165, 1.54) is 0 Å². The van der Waals surface area contributed by atoms with E-state index >= 15 is 0 Å². The number of phenolic OH excluding ortho intramolecular Hbond substituents is 1. The second-order valence-corrected chi connectivity index (χ2v) is 7.14. The van der Waals surface area contributed by atoms with Crippen LogP contribution in [0.2, 0.25) is 0 Å². The molecular weight excluding hydrogens is 262 g/mol. The average molecular weight is 289 g/mol. The molecule has 0 aliphatic carbocycles. The molecule has 3 heteroatoms. The molecule has 21 heavy (non-hydrogen) atoms. The maximum absolute atomic E-state index is 12.6.